The molecule has 4 nitrogen and oxygen atoms in total. The van der Waals surface area contributed by atoms with E-state index in [1.165, 1.54) is 0 Å². The first-order chi connectivity index (χ1) is 17.7. The number of carbonyl (C=O) groups excluding carboxylic acids is 2. The number of Topliss-reactive ketones (excluding diaryl/α,β-unsaturated/α-hetero) is 2. The quantitative estimate of drug-likeness (QED) is 0.188. The van der Waals surface area contributed by atoms with E-state index in [1.807, 2.05) is 78.9 Å². The molecule has 0 atom stereocenters. The lowest BCUT2D eigenvalue weighted by Crippen LogP contribution is -2.16. The van der Waals surface area contributed by atoms with Crippen LogP contribution >= 0.6 is 11.8 Å². The fraction of sp³-hybridized carbons (Fsp3) is 0. The van der Waals surface area contributed by atoms with Gasteiger partial charge >= 0.3 is 0 Å². The first kappa shape index (κ1) is 20.9. The van der Waals surface area contributed by atoms with Crippen molar-refractivity contribution in [1.29, 1.82) is 0 Å². The SMILES string of the molecule is O=C1C(=Cc2ccc(N3c4ccccc4Sc4cccnc43)cc2)C(=O)c2cc3ccccc3cc21. The van der Waals surface area contributed by atoms with Gasteiger partial charge in [0.25, 0.3) is 0 Å². The van der Waals surface area contributed by atoms with Gasteiger partial charge in [0, 0.05) is 27.9 Å². The molecule has 170 valence electrons. The summed E-state index contributed by atoms with van der Waals surface area (Å²) in [6, 6.07) is 31.6. The highest BCUT2D eigenvalue weighted by Crippen LogP contribution is 2.50. The number of hydrogen-bond donors (Lipinski definition) is 0. The average Bonchev–Trinajstić information content (AvgIpc) is 3.15. The van der Waals surface area contributed by atoms with E-state index in [0.717, 1.165) is 43.3 Å². The maximum atomic E-state index is 13.1. The van der Waals surface area contributed by atoms with E-state index in [2.05, 4.69) is 28.1 Å². The minimum Gasteiger partial charge on any atom is -0.293 e. The van der Waals surface area contributed by atoms with Crippen LogP contribution in [0.1, 0.15) is 26.3 Å². The Bertz CT molecular complexity index is 1650. The molecule has 0 radical (unpaired) electrons. The van der Waals surface area contributed by atoms with Crippen LogP contribution in [-0.4, -0.2) is 16.6 Å². The van der Waals surface area contributed by atoms with Gasteiger partial charge in [0.1, 0.15) is 0 Å². The Morgan fingerprint density at radius 2 is 1.33 bits per heavy atom. The van der Waals surface area contributed by atoms with Gasteiger partial charge in [-0.3, -0.25) is 14.5 Å². The van der Waals surface area contributed by atoms with Crippen LogP contribution < -0.4 is 4.90 Å². The molecule has 0 bridgehead atoms. The second-order valence-electron chi connectivity index (χ2n) is 8.78. The number of rotatable bonds is 2. The topological polar surface area (TPSA) is 50.3 Å². The molecule has 0 N–H and O–H groups in total. The van der Waals surface area contributed by atoms with E-state index in [0.29, 0.717) is 11.1 Å². The summed E-state index contributed by atoms with van der Waals surface area (Å²) in [5, 5.41) is 1.91. The predicted octanol–water partition coefficient (Wildman–Crippen LogP) is 7.63. The summed E-state index contributed by atoms with van der Waals surface area (Å²) in [4.78, 5) is 35.3. The predicted molar refractivity (Wildman–Crippen MR) is 144 cm³/mol. The molecular formula is C31H18N2O2S. The van der Waals surface area contributed by atoms with Crippen LogP contribution in [0.4, 0.5) is 17.2 Å². The Labute approximate surface area is 211 Å². The molecule has 0 saturated carbocycles. The van der Waals surface area contributed by atoms with Crippen LogP contribution in [0.2, 0.25) is 0 Å². The number of anilines is 3. The molecule has 0 unspecified atom stereocenters. The van der Waals surface area contributed by atoms with Gasteiger partial charge in [-0.05, 0) is 70.9 Å². The third-order valence-electron chi connectivity index (χ3n) is 6.62. The Hall–Kier alpha value is -4.48. The monoisotopic (exact) mass is 482 g/mol. The number of para-hydroxylation sites is 1. The van der Waals surface area contributed by atoms with Crippen LogP contribution in [0.15, 0.2) is 119 Å². The van der Waals surface area contributed by atoms with E-state index in [1.54, 1.807) is 24.0 Å². The largest absolute Gasteiger partial charge is 0.293 e. The Morgan fingerprint density at radius 1 is 0.694 bits per heavy atom. The van der Waals surface area contributed by atoms with E-state index in [-0.39, 0.29) is 17.1 Å². The molecule has 1 aliphatic carbocycles. The van der Waals surface area contributed by atoms with Crippen LogP contribution in [0.25, 0.3) is 16.8 Å². The third kappa shape index (κ3) is 3.21. The van der Waals surface area contributed by atoms with Crippen LogP contribution in [0.5, 0.6) is 0 Å². The second-order valence-corrected chi connectivity index (χ2v) is 9.87. The van der Waals surface area contributed by atoms with Crippen molar-refractivity contribution < 1.29 is 9.59 Å². The van der Waals surface area contributed by atoms with Gasteiger partial charge in [-0.1, -0.05) is 60.3 Å². The molecular weight excluding hydrogens is 464 g/mol. The van der Waals surface area contributed by atoms with Gasteiger partial charge in [-0.25, -0.2) is 4.98 Å². The highest BCUT2D eigenvalue weighted by molar-refractivity contribution is 7.99. The van der Waals surface area contributed by atoms with Gasteiger partial charge in [0.2, 0.25) is 0 Å². The number of aromatic nitrogens is 1. The number of ketones is 2. The standard InChI is InChI=1S/C31H18N2O2S/c34-29-23-17-20-6-1-2-7-21(20)18-24(23)30(35)25(29)16-19-11-13-22(14-12-19)33-26-8-3-4-9-27(26)36-28-10-5-15-32-31(28)33/h1-18H. The minimum atomic E-state index is -0.218. The second kappa shape index (κ2) is 8.04. The van der Waals surface area contributed by atoms with Crippen molar-refractivity contribution in [1.82, 2.24) is 4.98 Å². The van der Waals surface area contributed by atoms with E-state index in [9.17, 15) is 9.59 Å². The number of pyridine rings is 1. The maximum absolute atomic E-state index is 13.1. The van der Waals surface area contributed by atoms with Crippen molar-refractivity contribution in [3.63, 3.8) is 0 Å². The smallest absolute Gasteiger partial charge is 0.197 e. The zero-order valence-electron chi connectivity index (χ0n) is 19.0. The summed E-state index contributed by atoms with van der Waals surface area (Å²) in [7, 11) is 0. The van der Waals surface area contributed by atoms with Crippen molar-refractivity contribution in [2.45, 2.75) is 9.79 Å². The summed E-state index contributed by atoms with van der Waals surface area (Å²) in [5.41, 5.74) is 4.00. The average molecular weight is 483 g/mol. The number of carbonyl (C=O) groups is 2. The lowest BCUT2D eigenvalue weighted by molar-refractivity contribution is 0.0990. The van der Waals surface area contributed by atoms with Gasteiger partial charge in [-0.2, -0.15) is 0 Å². The lowest BCUT2D eigenvalue weighted by atomic mass is 10.0. The van der Waals surface area contributed by atoms with Crippen LogP contribution in [0, 0.1) is 0 Å². The van der Waals surface area contributed by atoms with Crippen molar-refractivity contribution >= 4 is 57.4 Å². The van der Waals surface area contributed by atoms with Crippen LogP contribution in [-0.2, 0) is 0 Å². The minimum absolute atomic E-state index is 0.208. The van der Waals surface area contributed by atoms with Crippen molar-refractivity contribution in [3.05, 3.63) is 126 Å². The molecule has 0 amide bonds. The van der Waals surface area contributed by atoms with Crippen molar-refractivity contribution in [3.8, 4) is 0 Å². The van der Waals surface area contributed by atoms with Gasteiger partial charge < -0.3 is 0 Å². The van der Waals surface area contributed by atoms with Gasteiger partial charge in [0.05, 0.1) is 16.2 Å². The molecule has 2 heterocycles. The maximum Gasteiger partial charge on any atom is 0.197 e. The van der Waals surface area contributed by atoms with Gasteiger partial charge in [0.15, 0.2) is 17.4 Å². The van der Waals surface area contributed by atoms with E-state index < -0.39 is 0 Å². The molecule has 0 saturated heterocycles. The highest BCUT2D eigenvalue weighted by Gasteiger charge is 2.33. The summed E-state index contributed by atoms with van der Waals surface area (Å²) >= 11 is 1.71. The molecule has 5 heteroatoms. The zero-order valence-corrected chi connectivity index (χ0v) is 19.8. The summed E-state index contributed by atoms with van der Waals surface area (Å²) in [5.74, 6) is 0.450. The van der Waals surface area contributed by atoms with E-state index in [4.69, 9.17) is 0 Å². The molecule has 5 aromatic rings. The number of allylic oxidation sites excluding steroid dienone is 1. The zero-order chi connectivity index (χ0) is 24.2. The number of benzene rings is 4. The molecule has 1 aliphatic heterocycles. The molecule has 4 aromatic carbocycles. The third-order valence-corrected chi connectivity index (χ3v) is 7.72. The Balaban J connectivity index is 1.26. The first-order valence-electron chi connectivity index (χ1n) is 11.6. The molecule has 0 spiro atoms. The van der Waals surface area contributed by atoms with Crippen molar-refractivity contribution in [2.75, 3.05) is 4.90 Å². The lowest BCUT2D eigenvalue weighted by Gasteiger charge is -2.31. The highest BCUT2D eigenvalue weighted by atomic mass is 32.2. The molecule has 1 aromatic heterocycles. The van der Waals surface area contributed by atoms with Crippen LogP contribution in [0.3, 0.4) is 0 Å². The number of hydrogen-bond acceptors (Lipinski definition) is 5. The summed E-state index contributed by atoms with van der Waals surface area (Å²) in [6.45, 7) is 0. The first-order valence-corrected chi connectivity index (χ1v) is 12.4. The Kier molecular flexibility index (Phi) is 4.66. The number of nitrogens with zero attached hydrogens (tertiary/aromatic N) is 2. The summed E-state index contributed by atoms with van der Waals surface area (Å²) < 4.78 is 0. The van der Waals surface area contributed by atoms with Gasteiger partial charge in [-0.15, -0.1) is 0 Å². The molecule has 2 aliphatic rings. The fourth-order valence-electron chi connectivity index (χ4n) is 4.88. The number of fused-ring (bicyclic) bond motifs is 4. The molecule has 0 fully saturated rings. The molecule has 7 rings (SSSR count). The summed E-state index contributed by atoms with van der Waals surface area (Å²) in [6.07, 6.45) is 3.50. The van der Waals surface area contributed by atoms with E-state index >= 15 is 0 Å². The Morgan fingerprint density at radius 3 is 2.06 bits per heavy atom. The normalized spacial score (nSPS) is 14.0. The molecule has 36 heavy (non-hydrogen) atoms. The fourth-order valence-corrected chi connectivity index (χ4v) is 5.91. The van der Waals surface area contributed by atoms with Crippen molar-refractivity contribution in [2.24, 2.45) is 0 Å².